The van der Waals surface area contributed by atoms with Crippen LogP contribution in [0.15, 0.2) is 30.5 Å². The van der Waals surface area contributed by atoms with Crippen molar-refractivity contribution in [3.63, 3.8) is 0 Å². The SMILES string of the molecule is Cc1c(C(=O)N(C)CC2(O)CCCC2)cnn1-c1cccc(Cl)c1. The van der Waals surface area contributed by atoms with Gasteiger partial charge in [-0.15, -0.1) is 0 Å². The second-order valence-electron chi connectivity index (χ2n) is 6.63. The van der Waals surface area contributed by atoms with Crippen molar-refractivity contribution in [3.05, 3.63) is 46.7 Å². The quantitative estimate of drug-likeness (QED) is 0.923. The van der Waals surface area contributed by atoms with Crippen molar-refractivity contribution in [2.24, 2.45) is 0 Å². The second kappa shape index (κ2) is 6.57. The molecule has 1 aliphatic carbocycles. The molecule has 0 aliphatic heterocycles. The summed E-state index contributed by atoms with van der Waals surface area (Å²) in [7, 11) is 1.73. The Bertz CT molecular complexity index is 750. The number of halogens is 1. The highest BCUT2D eigenvalue weighted by molar-refractivity contribution is 6.30. The number of likely N-dealkylation sites (N-methyl/N-ethyl adjacent to an activating group) is 1. The molecule has 0 bridgehead atoms. The van der Waals surface area contributed by atoms with Crippen molar-refractivity contribution in [3.8, 4) is 5.69 Å². The lowest BCUT2D eigenvalue weighted by molar-refractivity contribution is 0.0156. The molecule has 0 radical (unpaired) electrons. The number of aliphatic hydroxyl groups is 1. The topological polar surface area (TPSA) is 58.4 Å². The maximum atomic E-state index is 12.7. The minimum Gasteiger partial charge on any atom is -0.388 e. The van der Waals surface area contributed by atoms with E-state index in [9.17, 15) is 9.90 Å². The van der Waals surface area contributed by atoms with Crippen LogP contribution in [-0.2, 0) is 0 Å². The Morgan fingerprint density at radius 3 is 2.79 bits per heavy atom. The summed E-state index contributed by atoms with van der Waals surface area (Å²) in [4.78, 5) is 14.3. The third-order valence-electron chi connectivity index (χ3n) is 4.71. The van der Waals surface area contributed by atoms with E-state index in [1.807, 2.05) is 19.1 Å². The molecule has 2 aromatic rings. The summed E-state index contributed by atoms with van der Waals surface area (Å²) >= 11 is 6.03. The molecular formula is C18H22ClN3O2. The Kier molecular flexibility index (Phi) is 4.65. The summed E-state index contributed by atoms with van der Waals surface area (Å²) < 4.78 is 1.71. The summed E-state index contributed by atoms with van der Waals surface area (Å²) in [6, 6.07) is 7.35. The average molecular weight is 348 g/mol. The Labute approximate surface area is 146 Å². The maximum absolute atomic E-state index is 12.7. The first-order valence-corrected chi connectivity index (χ1v) is 8.56. The summed E-state index contributed by atoms with van der Waals surface area (Å²) in [6.07, 6.45) is 5.12. The van der Waals surface area contributed by atoms with E-state index >= 15 is 0 Å². The van der Waals surface area contributed by atoms with Gasteiger partial charge in [0.2, 0.25) is 0 Å². The molecule has 0 atom stereocenters. The highest BCUT2D eigenvalue weighted by atomic mass is 35.5. The molecule has 6 heteroatoms. The van der Waals surface area contributed by atoms with Crippen LogP contribution in [0.3, 0.4) is 0 Å². The molecule has 1 N–H and O–H groups in total. The lowest BCUT2D eigenvalue weighted by Crippen LogP contribution is -2.42. The largest absolute Gasteiger partial charge is 0.388 e. The van der Waals surface area contributed by atoms with Crippen molar-refractivity contribution in [2.75, 3.05) is 13.6 Å². The standard InChI is InChI=1S/C18H22ClN3O2/c1-13-16(11-20-22(13)15-7-5-6-14(19)10-15)17(23)21(2)12-18(24)8-3-4-9-18/h5-7,10-11,24H,3-4,8-9,12H2,1-2H3. The highest BCUT2D eigenvalue weighted by Gasteiger charge is 2.34. The smallest absolute Gasteiger partial charge is 0.257 e. The molecule has 128 valence electrons. The van der Waals surface area contributed by atoms with Gasteiger partial charge in [0.15, 0.2) is 0 Å². The zero-order chi connectivity index (χ0) is 17.3. The minimum absolute atomic E-state index is 0.124. The van der Waals surface area contributed by atoms with E-state index in [4.69, 9.17) is 11.6 Å². The molecule has 1 amide bonds. The number of rotatable bonds is 4. The van der Waals surface area contributed by atoms with E-state index in [0.717, 1.165) is 37.1 Å². The minimum atomic E-state index is -0.749. The number of amides is 1. The number of carbonyl (C=O) groups excluding carboxylic acids is 1. The van der Waals surface area contributed by atoms with Gasteiger partial charge in [-0.05, 0) is 38.0 Å². The van der Waals surface area contributed by atoms with Crippen LogP contribution in [0.25, 0.3) is 5.69 Å². The summed E-state index contributed by atoms with van der Waals surface area (Å²) in [5.74, 6) is -0.124. The molecular weight excluding hydrogens is 326 g/mol. The van der Waals surface area contributed by atoms with Crippen LogP contribution in [-0.4, -0.2) is 44.9 Å². The predicted molar refractivity (Wildman–Crippen MR) is 93.7 cm³/mol. The molecule has 24 heavy (non-hydrogen) atoms. The summed E-state index contributed by atoms with van der Waals surface area (Å²) in [5.41, 5.74) is 1.36. The Morgan fingerprint density at radius 1 is 1.42 bits per heavy atom. The number of hydrogen-bond donors (Lipinski definition) is 1. The average Bonchev–Trinajstić information content (AvgIpc) is 3.12. The van der Waals surface area contributed by atoms with Crippen molar-refractivity contribution >= 4 is 17.5 Å². The maximum Gasteiger partial charge on any atom is 0.257 e. The molecule has 1 fully saturated rings. The molecule has 1 aliphatic rings. The van der Waals surface area contributed by atoms with E-state index < -0.39 is 5.60 Å². The fourth-order valence-electron chi connectivity index (χ4n) is 3.40. The molecule has 5 nitrogen and oxygen atoms in total. The first kappa shape index (κ1) is 17.0. The van der Waals surface area contributed by atoms with Crippen LogP contribution in [0, 0.1) is 6.92 Å². The van der Waals surface area contributed by atoms with E-state index in [1.165, 1.54) is 0 Å². The Hall–Kier alpha value is -1.85. The first-order valence-electron chi connectivity index (χ1n) is 8.18. The van der Waals surface area contributed by atoms with Crippen molar-refractivity contribution in [1.29, 1.82) is 0 Å². The van der Waals surface area contributed by atoms with E-state index in [2.05, 4.69) is 5.10 Å². The second-order valence-corrected chi connectivity index (χ2v) is 7.06. The number of hydrogen-bond acceptors (Lipinski definition) is 3. The number of aromatic nitrogens is 2. The molecule has 3 rings (SSSR count). The van der Waals surface area contributed by atoms with E-state index in [0.29, 0.717) is 17.1 Å². The normalized spacial score (nSPS) is 16.3. The zero-order valence-electron chi connectivity index (χ0n) is 14.0. The third kappa shape index (κ3) is 3.32. The molecule has 0 unspecified atom stereocenters. The molecule has 0 spiro atoms. The van der Waals surface area contributed by atoms with Gasteiger partial charge in [-0.3, -0.25) is 4.79 Å². The van der Waals surface area contributed by atoms with Gasteiger partial charge in [0.1, 0.15) is 0 Å². The van der Waals surface area contributed by atoms with Gasteiger partial charge in [0, 0.05) is 18.6 Å². The monoisotopic (exact) mass is 347 g/mol. The van der Waals surface area contributed by atoms with Gasteiger partial charge >= 0.3 is 0 Å². The van der Waals surface area contributed by atoms with E-state index in [1.54, 1.807) is 35.0 Å². The van der Waals surface area contributed by atoms with Crippen LogP contribution >= 0.6 is 11.6 Å². The molecule has 1 heterocycles. The van der Waals surface area contributed by atoms with Crippen LogP contribution < -0.4 is 0 Å². The third-order valence-corrected chi connectivity index (χ3v) is 4.94. The van der Waals surface area contributed by atoms with Gasteiger partial charge in [0.05, 0.1) is 28.7 Å². The van der Waals surface area contributed by atoms with E-state index in [-0.39, 0.29) is 5.91 Å². The van der Waals surface area contributed by atoms with Crippen molar-refractivity contribution in [2.45, 2.75) is 38.2 Å². The first-order chi connectivity index (χ1) is 11.4. The van der Waals surface area contributed by atoms with Gasteiger partial charge < -0.3 is 10.0 Å². The highest BCUT2D eigenvalue weighted by Crippen LogP contribution is 2.30. The van der Waals surface area contributed by atoms with Crippen LogP contribution in [0.1, 0.15) is 41.7 Å². The van der Waals surface area contributed by atoms with Crippen LogP contribution in [0.2, 0.25) is 5.02 Å². The summed E-state index contributed by atoms with van der Waals surface area (Å²) in [5, 5.41) is 15.5. The number of nitrogens with zero attached hydrogens (tertiary/aromatic N) is 3. The number of benzene rings is 1. The lowest BCUT2D eigenvalue weighted by atomic mass is 10.0. The molecule has 1 saturated carbocycles. The summed E-state index contributed by atoms with van der Waals surface area (Å²) in [6.45, 7) is 2.22. The molecule has 1 aromatic heterocycles. The molecule has 0 saturated heterocycles. The molecule has 1 aromatic carbocycles. The zero-order valence-corrected chi connectivity index (χ0v) is 14.8. The predicted octanol–water partition coefficient (Wildman–Crippen LogP) is 3.21. The van der Waals surface area contributed by atoms with Crippen molar-refractivity contribution < 1.29 is 9.90 Å². The van der Waals surface area contributed by atoms with Gasteiger partial charge in [-0.2, -0.15) is 5.10 Å². The number of carbonyl (C=O) groups is 1. The Balaban J connectivity index is 1.81. The van der Waals surface area contributed by atoms with Gasteiger partial charge in [-0.1, -0.05) is 30.5 Å². The van der Waals surface area contributed by atoms with Gasteiger partial charge in [-0.25, -0.2) is 4.68 Å². The fraction of sp³-hybridized carbons (Fsp3) is 0.444. The van der Waals surface area contributed by atoms with Crippen LogP contribution in [0.5, 0.6) is 0 Å². The van der Waals surface area contributed by atoms with Crippen molar-refractivity contribution in [1.82, 2.24) is 14.7 Å². The Morgan fingerprint density at radius 2 is 2.12 bits per heavy atom. The van der Waals surface area contributed by atoms with Gasteiger partial charge in [0.25, 0.3) is 5.91 Å². The fourth-order valence-corrected chi connectivity index (χ4v) is 3.58. The van der Waals surface area contributed by atoms with Crippen LogP contribution in [0.4, 0.5) is 0 Å². The lowest BCUT2D eigenvalue weighted by Gasteiger charge is -2.28.